The van der Waals surface area contributed by atoms with Crippen LogP contribution in [-0.2, 0) is 6.42 Å². The molecule has 0 saturated carbocycles. The Hall–Kier alpha value is -4.33. The van der Waals surface area contributed by atoms with Gasteiger partial charge < -0.3 is 10.5 Å². The van der Waals surface area contributed by atoms with Crippen LogP contribution in [0.15, 0.2) is 78.9 Å². The van der Waals surface area contributed by atoms with E-state index in [2.05, 4.69) is 14.9 Å². The Kier molecular flexibility index (Phi) is 5.20. The van der Waals surface area contributed by atoms with Crippen molar-refractivity contribution in [3.05, 3.63) is 90.0 Å². The highest BCUT2D eigenvalue weighted by molar-refractivity contribution is 6.10. The summed E-state index contributed by atoms with van der Waals surface area (Å²) in [7, 11) is 0. The van der Waals surface area contributed by atoms with Gasteiger partial charge in [-0.2, -0.15) is 5.10 Å². The number of ketones is 1. The molecule has 34 heavy (non-hydrogen) atoms. The van der Waals surface area contributed by atoms with Crippen molar-refractivity contribution in [1.82, 2.24) is 10.2 Å². The first-order chi connectivity index (χ1) is 16.3. The molecule has 0 fully saturated rings. The van der Waals surface area contributed by atoms with E-state index in [0.717, 1.165) is 32.8 Å². The topological polar surface area (TPSA) is 81.0 Å². The van der Waals surface area contributed by atoms with Gasteiger partial charge in [0.15, 0.2) is 11.6 Å². The van der Waals surface area contributed by atoms with E-state index >= 15 is 0 Å². The van der Waals surface area contributed by atoms with Crippen LogP contribution in [-0.4, -0.2) is 22.3 Å². The second-order valence-electron chi connectivity index (χ2n) is 7.87. The van der Waals surface area contributed by atoms with Crippen molar-refractivity contribution in [2.24, 2.45) is 0 Å². The van der Waals surface area contributed by atoms with Crippen LogP contribution in [0.1, 0.15) is 15.9 Å². The highest BCUT2D eigenvalue weighted by atomic mass is 19.4. The third-order valence-electron chi connectivity index (χ3n) is 5.61. The Balaban J connectivity index is 1.48. The fourth-order valence-electron chi connectivity index (χ4n) is 4.17. The lowest BCUT2D eigenvalue weighted by atomic mass is 9.94. The van der Waals surface area contributed by atoms with Gasteiger partial charge in [-0.05, 0) is 51.7 Å². The number of aromatic amines is 1. The van der Waals surface area contributed by atoms with Crippen LogP contribution in [0.4, 0.5) is 19.0 Å². The molecule has 0 aliphatic carbocycles. The summed E-state index contributed by atoms with van der Waals surface area (Å²) in [5.41, 5.74) is 9.65. The molecule has 0 bridgehead atoms. The summed E-state index contributed by atoms with van der Waals surface area (Å²) in [6.45, 7) is 0. The van der Waals surface area contributed by atoms with Gasteiger partial charge >= 0.3 is 6.36 Å². The maximum absolute atomic E-state index is 13.1. The minimum Gasteiger partial charge on any atom is -0.406 e. The van der Waals surface area contributed by atoms with Crippen molar-refractivity contribution >= 4 is 33.3 Å². The minimum absolute atomic E-state index is 0.0548. The van der Waals surface area contributed by atoms with Crippen LogP contribution < -0.4 is 10.5 Å². The number of nitrogens with one attached hydrogen (secondary N) is 1. The number of hydrogen-bond donors (Lipinski definition) is 2. The highest BCUT2D eigenvalue weighted by Crippen LogP contribution is 2.34. The van der Waals surface area contributed by atoms with Gasteiger partial charge in [-0.1, -0.05) is 54.6 Å². The van der Waals surface area contributed by atoms with Crippen LogP contribution in [0.2, 0.25) is 0 Å². The van der Waals surface area contributed by atoms with Crippen LogP contribution >= 0.6 is 0 Å². The van der Waals surface area contributed by atoms with Gasteiger partial charge in [-0.3, -0.25) is 9.89 Å². The van der Waals surface area contributed by atoms with Crippen molar-refractivity contribution in [2.45, 2.75) is 12.8 Å². The second kappa shape index (κ2) is 8.22. The van der Waals surface area contributed by atoms with Crippen LogP contribution in [0.25, 0.3) is 32.8 Å². The lowest BCUT2D eigenvalue weighted by Crippen LogP contribution is -2.17. The summed E-state index contributed by atoms with van der Waals surface area (Å²) in [6, 6.07) is 22.4. The molecule has 0 amide bonds. The number of fused-ring (bicyclic) bond motifs is 2. The zero-order valence-electron chi connectivity index (χ0n) is 17.7. The molecule has 5 rings (SSSR count). The number of nitrogens with zero attached hydrogens (tertiary/aromatic N) is 1. The molecule has 0 aliphatic heterocycles. The Bertz CT molecular complexity index is 1540. The van der Waals surface area contributed by atoms with Crippen LogP contribution in [0.5, 0.6) is 5.75 Å². The average Bonchev–Trinajstić information content (AvgIpc) is 3.18. The van der Waals surface area contributed by atoms with E-state index in [1.165, 1.54) is 18.2 Å². The molecule has 8 heteroatoms. The van der Waals surface area contributed by atoms with Crippen molar-refractivity contribution in [2.75, 3.05) is 5.73 Å². The number of Topliss-reactive ketones (excluding diaryl/α,β-unsaturated/α-hetero) is 1. The molecule has 1 aromatic heterocycles. The number of rotatable bonds is 5. The van der Waals surface area contributed by atoms with Gasteiger partial charge in [0.05, 0.1) is 10.9 Å². The van der Waals surface area contributed by atoms with Crippen molar-refractivity contribution in [3.63, 3.8) is 0 Å². The molecular weight excluding hydrogens is 443 g/mol. The van der Waals surface area contributed by atoms with E-state index in [0.29, 0.717) is 16.9 Å². The Labute approximate surface area is 192 Å². The summed E-state index contributed by atoms with van der Waals surface area (Å²) in [5.74, 6) is -0.150. The van der Waals surface area contributed by atoms with Gasteiger partial charge in [0.25, 0.3) is 0 Å². The first-order valence-corrected chi connectivity index (χ1v) is 10.4. The fourth-order valence-corrected chi connectivity index (χ4v) is 4.17. The molecule has 0 spiro atoms. The summed E-state index contributed by atoms with van der Waals surface area (Å²) in [5, 5.41) is 9.43. The number of alkyl halides is 3. The standard InChI is InChI=1S/C26H18F3N3O2/c27-26(28,29)34-18-6-1-4-15(12-18)13-23(33)21-8-2-5-16-14-17(10-11-19(16)21)20-7-3-9-22-24(20)25(30)32-31-22/h1-12,14H,13H2,(H3,30,31,32). The quantitative estimate of drug-likeness (QED) is 0.302. The number of nitrogen functional groups attached to an aromatic ring is 1. The predicted octanol–water partition coefficient (Wildman–Crippen LogP) is 6.29. The molecule has 0 saturated heterocycles. The SMILES string of the molecule is Nc1n[nH]c2cccc(-c3ccc4c(C(=O)Cc5cccc(OC(F)(F)F)c5)cccc4c3)c12. The number of nitrogens with two attached hydrogens (primary N) is 1. The molecule has 1 heterocycles. The lowest BCUT2D eigenvalue weighted by molar-refractivity contribution is -0.274. The number of halogens is 3. The Morgan fingerprint density at radius 2 is 1.76 bits per heavy atom. The predicted molar refractivity (Wildman–Crippen MR) is 125 cm³/mol. The lowest BCUT2D eigenvalue weighted by Gasteiger charge is -2.11. The highest BCUT2D eigenvalue weighted by Gasteiger charge is 2.31. The Morgan fingerprint density at radius 1 is 0.971 bits per heavy atom. The third kappa shape index (κ3) is 4.17. The maximum atomic E-state index is 13.1. The van der Waals surface area contributed by atoms with Crippen LogP contribution in [0.3, 0.4) is 0 Å². The first kappa shape index (κ1) is 21.5. The molecule has 0 unspecified atom stereocenters. The first-order valence-electron chi connectivity index (χ1n) is 10.4. The second-order valence-corrected chi connectivity index (χ2v) is 7.87. The number of benzene rings is 4. The van der Waals surface area contributed by atoms with Crippen molar-refractivity contribution < 1.29 is 22.7 Å². The molecule has 4 aromatic carbocycles. The van der Waals surface area contributed by atoms with E-state index in [9.17, 15) is 18.0 Å². The Morgan fingerprint density at radius 3 is 2.59 bits per heavy atom. The average molecular weight is 461 g/mol. The van der Waals surface area contributed by atoms with Gasteiger partial charge in [-0.15, -0.1) is 13.2 Å². The maximum Gasteiger partial charge on any atom is 0.573 e. The monoisotopic (exact) mass is 461 g/mol. The summed E-state index contributed by atoms with van der Waals surface area (Å²) < 4.78 is 41.5. The molecular formula is C26H18F3N3O2. The fraction of sp³-hybridized carbons (Fsp3) is 0.0769. The van der Waals surface area contributed by atoms with E-state index < -0.39 is 6.36 Å². The number of ether oxygens (including phenoxy) is 1. The van der Waals surface area contributed by atoms with Crippen molar-refractivity contribution in [3.8, 4) is 16.9 Å². The van der Waals surface area contributed by atoms with E-state index in [4.69, 9.17) is 5.73 Å². The molecule has 5 aromatic rings. The summed E-state index contributed by atoms with van der Waals surface area (Å²) in [6.07, 6.45) is -4.85. The molecule has 5 nitrogen and oxygen atoms in total. The zero-order valence-corrected chi connectivity index (χ0v) is 17.7. The summed E-state index contributed by atoms with van der Waals surface area (Å²) >= 11 is 0. The van der Waals surface area contributed by atoms with Crippen LogP contribution in [0, 0.1) is 0 Å². The molecule has 0 atom stereocenters. The normalized spacial score (nSPS) is 11.7. The van der Waals surface area contributed by atoms with Gasteiger partial charge in [0, 0.05) is 12.0 Å². The van der Waals surface area contributed by atoms with Gasteiger partial charge in [-0.25, -0.2) is 0 Å². The zero-order chi connectivity index (χ0) is 23.9. The molecule has 170 valence electrons. The van der Waals surface area contributed by atoms with Gasteiger partial charge in [0.1, 0.15) is 5.75 Å². The van der Waals surface area contributed by atoms with E-state index in [-0.39, 0.29) is 18.0 Å². The van der Waals surface area contributed by atoms with Gasteiger partial charge in [0.2, 0.25) is 0 Å². The molecule has 3 N–H and O–H groups in total. The largest absolute Gasteiger partial charge is 0.573 e. The minimum atomic E-state index is -4.79. The molecule has 0 aliphatic rings. The van der Waals surface area contributed by atoms with Crippen molar-refractivity contribution in [1.29, 1.82) is 0 Å². The summed E-state index contributed by atoms with van der Waals surface area (Å²) in [4.78, 5) is 13.1. The number of carbonyl (C=O) groups is 1. The van der Waals surface area contributed by atoms with E-state index in [1.807, 2.05) is 42.5 Å². The smallest absolute Gasteiger partial charge is 0.406 e. The number of carbonyl (C=O) groups excluding carboxylic acids is 1. The number of H-pyrrole nitrogens is 1. The number of hydrogen-bond acceptors (Lipinski definition) is 4. The third-order valence-corrected chi connectivity index (χ3v) is 5.61. The number of anilines is 1. The number of aromatic nitrogens is 2. The molecule has 0 radical (unpaired) electrons. The van der Waals surface area contributed by atoms with E-state index in [1.54, 1.807) is 18.2 Å².